The first-order valence-corrected chi connectivity index (χ1v) is 5.52. The summed E-state index contributed by atoms with van der Waals surface area (Å²) in [5, 5.41) is 9.59. The molecule has 0 fully saturated rings. The van der Waals surface area contributed by atoms with Crippen molar-refractivity contribution in [2.24, 2.45) is 0 Å². The van der Waals surface area contributed by atoms with Crippen LogP contribution in [0, 0.1) is 10.1 Å². The molecule has 2 atom stereocenters. The molecule has 0 bridgehead atoms. The predicted octanol–water partition coefficient (Wildman–Crippen LogP) is 2.83. The third-order valence-corrected chi connectivity index (χ3v) is 3.20. The molecule has 0 spiro atoms. The van der Waals surface area contributed by atoms with Gasteiger partial charge in [0.25, 0.3) is 0 Å². The van der Waals surface area contributed by atoms with Crippen molar-refractivity contribution in [1.29, 1.82) is 0 Å². The molecule has 17 heavy (non-hydrogen) atoms. The van der Waals surface area contributed by atoms with Crippen LogP contribution in [0.3, 0.4) is 0 Å². The molecule has 0 saturated carbocycles. The predicted molar refractivity (Wildman–Crippen MR) is 64.8 cm³/mol. The quantitative estimate of drug-likeness (QED) is 0.360. The van der Waals surface area contributed by atoms with Crippen LogP contribution in [0.5, 0.6) is 11.5 Å². The van der Waals surface area contributed by atoms with E-state index in [0.29, 0.717) is 17.1 Å². The Morgan fingerprint density at radius 1 is 1.24 bits per heavy atom. The van der Waals surface area contributed by atoms with Gasteiger partial charge in [0, 0.05) is 4.92 Å². The van der Waals surface area contributed by atoms with Crippen LogP contribution in [-0.2, 0) is 0 Å². The molecule has 0 aliphatic heterocycles. The number of nitrogens with zero attached hydrogens (tertiary/aromatic N) is 1. The maximum absolute atomic E-state index is 10.5. The molecule has 7 heteroatoms. The van der Waals surface area contributed by atoms with Gasteiger partial charge < -0.3 is 9.47 Å². The zero-order chi connectivity index (χ0) is 13.0. The van der Waals surface area contributed by atoms with Crippen molar-refractivity contribution in [1.82, 2.24) is 0 Å². The highest BCUT2D eigenvalue weighted by Gasteiger charge is 2.29. The summed E-state index contributed by atoms with van der Waals surface area (Å²) in [6, 6.07) is 4.79. The summed E-state index contributed by atoms with van der Waals surface area (Å²) in [5.74, 6) is 0.968. The third-order valence-electron chi connectivity index (χ3n) is 2.17. The highest BCUT2D eigenvalue weighted by Crippen LogP contribution is 2.35. The fourth-order valence-electron chi connectivity index (χ4n) is 1.29. The number of halogens is 2. The average molecular weight is 280 g/mol. The van der Waals surface area contributed by atoms with Gasteiger partial charge in [-0.3, -0.25) is 10.1 Å². The Hall–Kier alpha value is -1.20. The topological polar surface area (TPSA) is 61.6 Å². The van der Waals surface area contributed by atoms with E-state index in [1.807, 2.05) is 0 Å². The van der Waals surface area contributed by atoms with Crippen molar-refractivity contribution in [3.05, 3.63) is 33.9 Å². The van der Waals surface area contributed by atoms with E-state index in [2.05, 4.69) is 0 Å². The minimum Gasteiger partial charge on any atom is -0.493 e. The Morgan fingerprint density at radius 3 is 2.29 bits per heavy atom. The van der Waals surface area contributed by atoms with Gasteiger partial charge in [0.1, 0.15) is 5.38 Å². The van der Waals surface area contributed by atoms with Crippen LogP contribution < -0.4 is 9.47 Å². The Bertz CT molecular complexity index is 413. The number of alkyl halides is 2. The molecule has 1 aromatic carbocycles. The van der Waals surface area contributed by atoms with Gasteiger partial charge in [0.2, 0.25) is 0 Å². The highest BCUT2D eigenvalue weighted by atomic mass is 35.5. The monoisotopic (exact) mass is 279 g/mol. The molecule has 0 radical (unpaired) electrons. The SMILES string of the molecule is COc1ccc(C(Cl)C(Cl)[N+](=O)[O-])cc1OC. The van der Waals surface area contributed by atoms with Gasteiger partial charge in [-0.15, -0.1) is 11.6 Å². The molecule has 0 aromatic heterocycles. The summed E-state index contributed by atoms with van der Waals surface area (Å²) in [5.41, 5.74) is -0.893. The van der Waals surface area contributed by atoms with Crippen LogP contribution in [0.4, 0.5) is 0 Å². The molecule has 0 amide bonds. The lowest BCUT2D eigenvalue weighted by Crippen LogP contribution is -2.17. The van der Waals surface area contributed by atoms with Crippen LogP contribution in [0.2, 0.25) is 0 Å². The maximum Gasteiger partial charge on any atom is 0.306 e. The third kappa shape index (κ3) is 3.14. The van der Waals surface area contributed by atoms with Crippen molar-refractivity contribution >= 4 is 23.2 Å². The average Bonchev–Trinajstić information content (AvgIpc) is 2.35. The van der Waals surface area contributed by atoms with E-state index in [0.717, 1.165) is 0 Å². The highest BCUT2D eigenvalue weighted by molar-refractivity contribution is 6.29. The molecule has 0 aliphatic carbocycles. The fourth-order valence-corrected chi connectivity index (χ4v) is 1.66. The number of rotatable bonds is 5. The lowest BCUT2D eigenvalue weighted by atomic mass is 10.1. The molecular formula is C10H11Cl2NO4. The van der Waals surface area contributed by atoms with E-state index in [9.17, 15) is 10.1 Å². The fraction of sp³-hybridized carbons (Fsp3) is 0.400. The first-order valence-electron chi connectivity index (χ1n) is 4.64. The molecule has 94 valence electrons. The van der Waals surface area contributed by atoms with Gasteiger partial charge in [-0.05, 0) is 29.3 Å². The zero-order valence-corrected chi connectivity index (χ0v) is 10.7. The van der Waals surface area contributed by atoms with Gasteiger partial charge in [0.05, 0.1) is 14.2 Å². The van der Waals surface area contributed by atoms with Crippen molar-refractivity contribution < 1.29 is 14.4 Å². The first-order chi connectivity index (χ1) is 8.01. The minimum absolute atomic E-state index is 0.447. The second-order valence-electron chi connectivity index (χ2n) is 3.17. The van der Waals surface area contributed by atoms with Crippen molar-refractivity contribution in [3.63, 3.8) is 0 Å². The van der Waals surface area contributed by atoms with Crippen molar-refractivity contribution in [2.75, 3.05) is 14.2 Å². The Labute approximate surface area is 108 Å². The number of nitro groups is 1. The summed E-state index contributed by atoms with van der Waals surface area (Å²) >= 11 is 11.5. The molecular weight excluding hydrogens is 269 g/mol. The van der Waals surface area contributed by atoms with Gasteiger partial charge in [-0.2, -0.15) is 0 Å². The van der Waals surface area contributed by atoms with E-state index < -0.39 is 15.8 Å². The number of benzene rings is 1. The molecule has 5 nitrogen and oxygen atoms in total. The molecule has 0 heterocycles. The van der Waals surface area contributed by atoms with E-state index in [-0.39, 0.29) is 0 Å². The summed E-state index contributed by atoms with van der Waals surface area (Å²) in [4.78, 5) is 9.88. The van der Waals surface area contributed by atoms with Crippen molar-refractivity contribution in [2.45, 2.75) is 10.9 Å². The zero-order valence-electron chi connectivity index (χ0n) is 9.22. The molecule has 0 N–H and O–H groups in total. The number of hydrogen-bond acceptors (Lipinski definition) is 4. The smallest absolute Gasteiger partial charge is 0.306 e. The summed E-state index contributed by atoms with van der Waals surface area (Å²) in [6.45, 7) is 0. The van der Waals surface area contributed by atoms with Gasteiger partial charge in [-0.1, -0.05) is 6.07 Å². The van der Waals surface area contributed by atoms with E-state index in [1.165, 1.54) is 14.2 Å². The Morgan fingerprint density at radius 2 is 1.82 bits per heavy atom. The number of ether oxygens (including phenoxy) is 2. The van der Waals surface area contributed by atoms with Gasteiger partial charge >= 0.3 is 5.50 Å². The largest absolute Gasteiger partial charge is 0.493 e. The standard InChI is InChI=1S/C10H11Cl2NO4/c1-16-7-4-3-6(5-8(7)17-2)9(11)10(12)13(14)15/h3-5,9-10H,1-2H3. The molecule has 1 rings (SSSR count). The van der Waals surface area contributed by atoms with E-state index in [4.69, 9.17) is 32.7 Å². The Kier molecular flexibility index (Phi) is 4.84. The molecule has 2 unspecified atom stereocenters. The summed E-state index contributed by atoms with van der Waals surface area (Å²) in [6.07, 6.45) is 0. The van der Waals surface area contributed by atoms with Gasteiger partial charge in [-0.25, -0.2) is 0 Å². The Balaban J connectivity index is 3.03. The van der Waals surface area contributed by atoms with E-state index in [1.54, 1.807) is 18.2 Å². The minimum atomic E-state index is -1.39. The lowest BCUT2D eigenvalue weighted by Gasteiger charge is -2.13. The van der Waals surface area contributed by atoms with Crippen LogP contribution in [0.1, 0.15) is 10.9 Å². The van der Waals surface area contributed by atoms with Gasteiger partial charge in [0.15, 0.2) is 11.5 Å². The lowest BCUT2D eigenvalue weighted by molar-refractivity contribution is -0.498. The second kappa shape index (κ2) is 5.93. The summed E-state index contributed by atoms with van der Waals surface area (Å²) in [7, 11) is 2.97. The molecule has 0 aliphatic rings. The van der Waals surface area contributed by atoms with Crippen LogP contribution in [0.25, 0.3) is 0 Å². The molecule has 1 aromatic rings. The van der Waals surface area contributed by atoms with Crippen LogP contribution in [-0.4, -0.2) is 24.6 Å². The second-order valence-corrected chi connectivity index (χ2v) is 4.09. The first kappa shape index (κ1) is 13.9. The number of hydrogen-bond donors (Lipinski definition) is 0. The number of methoxy groups -OCH3 is 2. The van der Waals surface area contributed by atoms with Crippen LogP contribution in [0.15, 0.2) is 18.2 Å². The van der Waals surface area contributed by atoms with Crippen LogP contribution >= 0.6 is 23.2 Å². The molecule has 0 saturated heterocycles. The maximum atomic E-state index is 10.5. The van der Waals surface area contributed by atoms with Crippen molar-refractivity contribution in [3.8, 4) is 11.5 Å². The van der Waals surface area contributed by atoms with E-state index >= 15 is 0 Å². The normalized spacial score (nSPS) is 13.9. The summed E-state index contributed by atoms with van der Waals surface area (Å²) < 4.78 is 10.1.